The lowest BCUT2D eigenvalue weighted by atomic mass is 9.97. The van der Waals surface area contributed by atoms with E-state index in [0.717, 1.165) is 12.0 Å². The number of hydrogen-bond donors (Lipinski definition) is 2. The van der Waals surface area contributed by atoms with Gasteiger partial charge in [-0.3, -0.25) is 4.79 Å². The van der Waals surface area contributed by atoms with Gasteiger partial charge in [-0.1, -0.05) is 42.0 Å². The number of nitrogens with one attached hydrogen (secondary N) is 1. The molecule has 1 aliphatic rings. The first-order valence-electron chi connectivity index (χ1n) is 7.03. The summed E-state index contributed by atoms with van der Waals surface area (Å²) in [7, 11) is 0. The van der Waals surface area contributed by atoms with Gasteiger partial charge in [0.25, 0.3) is 0 Å². The minimum absolute atomic E-state index is 0.0948. The van der Waals surface area contributed by atoms with E-state index in [9.17, 15) is 4.79 Å². The van der Waals surface area contributed by atoms with Crippen LogP contribution in [0.25, 0.3) is 0 Å². The third-order valence-corrected chi connectivity index (χ3v) is 3.57. The van der Waals surface area contributed by atoms with Gasteiger partial charge in [-0.2, -0.15) is 0 Å². The van der Waals surface area contributed by atoms with Crippen LogP contribution in [-0.2, 0) is 4.79 Å². The van der Waals surface area contributed by atoms with Crippen LogP contribution in [-0.4, -0.2) is 12.5 Å². The summed E-state index contributed by atoms with van der Waals surface area (Å²) in [5.74, 6) is -0.0948. The van der Waals surface area contributed by atoms with Gasteiger partial charge in [-0.25, -0.2) is 0 Å². The Hall–Kier alpha value is -1.61. The van der Waals surface area contributed by atoms with Gasteiger partial charge in [0.1, 0.15) is 6.04 Å². The summed E-state index contributed by atoms with van der Waals surface area (Å²) in [5.41, 5.74) is 8.26. The second-order valence-corrected chi connectivity index (χ2v) is 5.04. The third kappa shape index (κ3) is 4.21. The normalized spacial score (nSPS) is 16.6. The zero-order valence-electron chi connectivity index (χ0n) is 11.3. The fourth-order valence-corrected chi connectivity index (χ4v) is 2.40. The molecule has 0 aromatic heterocycles. The van der Waals surface area contributed by atoms with Gasteiger partial charge < -0.3 is 11.1 Å². The Kier molecular flexibility index (Phi) is 5.16. The van der Waals surface area contributed by atoms with E-state index in [0.29, 0.717) is 6.54 Å². The van der Waals surface area contributed by atoms with Crippen molar-refractivity contribution in [3.05, 3.63) is 47.5 Å². The van der Waals surface area contributed by atoms with Crippen molar-refractivity contribution in [1.82, 2.24) is 5.32 Å². The minimum atomic E-state index is -0.568. The predicted molar refractivity (Wildman–Crippen MR) is 77.5 cm³/mol. The van der Waals surface area contributed by atoms with Crippen LogP contribution >= 0.6 is 0 Å². The molecule has 0 radical (unpaired) electrons. The van der Waals surface area contributed by atoms with E-state index in [-0.39, 0.29) is 5.91 Å². The number of carbonyl (C=O) groups excluding carboxylic acids is 1. The molecule has 19 heavy (non-hydrogen) atoms. The fraction of sp³-hybridized carbons (Fsp3) is 0.438. The van der Waals surface area contributed by atoms with E-state index in [1.165, 1.54) is 31.3 Å². The lowest BCUT2D eigenvalue weighted by Gasteiger charge is -2.15. The highest BCUT2D eigenvalue weighted by molar-refractivity contribution is 5.82. The summed E-state index contributed by atoms with van der Waals surface area (Å²) in [4.78, 5) is 11.9. The van der Waals surface area contributed by atoms with Crippen molar-refractivity contribution in [3.8, 4) is 0 Å². The molecule has 0 saturated carbocycles. The summed E-state index contributed by atoms with van der Waals surface area (Å²) in [6.45, 7) is 0.686. The molecule has 3 N–H and O–H groups in total. The van der Waals surface area contributed by atoms with E-state index in [4.69, 9.17) is 5.73 Å². The molecule has 3 heteroatoms. The van der Waals surface area contributed by atoms with E-state index in [1.54, 1.807) is 0 Å². The van der Waals surface area contributed by atoms with Gasteiger partial charge in [0, 0.05) is 6.54 Å². The topological polar surface area (TPSA) is 55.1 Å². The fourth-order valence-electron chi connectivity index (χ4n) is 2.40. The number of nitrogens with two attached hydrogens (primary N) is 1. The molecular formula is C16H22N2O. The summed E-state index contributed by atoms with van der Waals surface area (Å²) in [6.07, 6.45) is 8.21. The van der Waals surface area contributed by atoms with Crippen molar-refractivity contribution >= 4 is 5.91 Å². The van der Waals surface area contributed by atoms with Gasteiger partial charge in [0.15, 0.2) is 0 Å². The van der Waals surface area contributed by atoms with Crippen LogP contribution in [0.1, 0.15) is 43.7 Å². The summed E-state index contributed by atoms with van der Waals surface area (Å²) >= 11 is 0. The number of allylic oxidation sites excluding steroid dienone is 1. The van der Waals surface area contributed by atoms with E-state index in [1.807, 2.05) is 30.3 Å². The van der Waals surface area contributed by atoms with Crippen molar-refractivity contribution in [3.63, 3.8) is 0 Å². The second-order valence-electron chi connectivity index (χ2n) is 5.04. The molecule has 0 spiro atoms. The Labute approximate surface area is 114 Å². The molecule has 1 atom stereocenters. The Morgan fingerprint density at radius 1 is 1.26 bits per heavy atom. The highest BCUT2D eigenvalue weighted by atomic mass is 16.2. The molecule has 0 bridgehead atoms. The molecule has 0 saturated heterocycles. The number of benzene rings is 1. The van der Waals surface area contributed by atoms with Gasteiger partial charge in [0.05, 0.1) is 0 Å². The van der Waals surface area contributed by atoms with Crippen LogP contribution < -0.4 is 11.1 Å². The van der Waals surface area contributed by atoms with Crippen molar-refractivity contribution < 1.29 is 4.79 Å². The van der Waals surface area contributed by atoms with E-state index in [2.05, 4.69) is 11.4 Å². The van der Waals surface area contributed by atoms with Crippen molar-refractivity contribution in [1.29, 1.82) is 0 Å². The molecule has 102 valence electrons. The summed E-state index contributed by atoms with van der Waals surface area (Å²) < 4.78 is 0. The van der Waals surface area contributed by atoms with E-state index < -0.39 is 6.04 Å². The zero-order valence-corrected chi connectivity index (χ0v) is 11.3. The van der Waals surface area contributed by atoms with Crippen LogP contribution in [0.2, 0.25) is 0 Å². The third-order valence-electron chi connectivity index (χ3n) is 3.57. The average Bonchev–Trinajstić information content (AvgIpc) is 2.48. The van der Waals surface area contributed by atoms with E-state index >= 15 is 0 Å². The number of amides is 1. The predicted octanol–water partition coefficient (Wildman–Crippen LogP) is 2.69. The maximum atomic E-state index is 11.9. The maximum absolute atomic E-state index is 11.9. The first-order chi connectivity index (χ1) is 9.27. The Balaban J connectivity index is 1.76. The summed E-state index contributed by atoms with van der Waals surface area (Å²) in [5, 5.41) is 2.92. The summed E-state index contributed by atoms with van der Waals surface area (Å²) in [6, 6.07) is 8.91. The first kappa shape index (κ1) is 13.8. The molecule has 2 rings (SSSR count). The van der Waals surface area contributed by atoms with Crippen molar-refractivity contribution in [2.24, 2.45) is 5.73 Å². The molecule has 0 heterocycles. The van der Waals surface area contributed by atoms with Crippen LogP contribution in [0.4, 0.5) is 0 Å². The molecule has 0 unspecified atom stereocenters. The number of hydrogen-bond acceptors (Lipinski definition) is 2. The monoisotopic (exact) mass is 258 g/mol. The molecule has 1 aromatic rings. The SMILES string of the molecule is N[C@H](C(=O)NCCC1=CCCCC1)c1ccccc1. The Bertz CT molecular complexity index is 439. The quantitative estimate of drug-likeness (QED) is 0.798. The van der Waals surface area contributed by atoms with Crippen LogP contribution in [0.3, 0.4) is 0 Å². The highest BCUT2D eigenvalue weighted by Gasteiger charge is 2.14. The Morgan fingerprint density at radius 3 is 2.74 bits per heavy atom. The molecule has 0 aliphatic heterocycles. The lowest BCUT2D eigenvalue weighted by Crippen LogP contribution is -2.34. The molecule has 0 fully saturated rings. The maximum Gasteiger partial charge on any atom is 0.241 e. The largest absolute Gasteiger partial charge is 0.354 e. The smallest absolute Gasteiger partial charge is 0.241 e. The van der Waals surface area contributed by atoms with Crippen LogP contribution in [0, 0.1) is 0 Å². The highest BCUT2D eigenvalue weighted by Crippen LogP contribution is 2.19. The van der Waals surface area contributed by atoms with Gasteiger partial charge >= 0.3 is 0 Å². The molecule has 1 amide bonds. The molecular weight excluding hydrogens is 236 g/mol. The van der Waals surface area contributed by atoms with Crippen LogP contribution in [0.15, 0.2) is 42.0 Å². The standard InChI is InChI=1S/C16H22N2O/c17-15(14-9-5-2-6-10-14)16(19)18-12-11-13-7-3-1-4-8-13/h2,5-7,9-10,15H,1,3-4,8,11-12,17H2,(H,18,19)/t15-/m0/s1. The lowest BCUT2D eigenvalue weighted by molar-refractivity contribution is -0.122. The van der Waals surface area contributed by atoms with Crippen molar-refractivity contribution in [2.75, 3.05) is 6.54 Å². The minimum Gasteiger partial charge on any atom is -0.354 e. The van der Waals surface area contributed by atoms with Crippen molar-refractivity contribution in [2.45, 2.75) is 38.1 Å². The Morgan fingerprint density at radius 2 is 2.05 bits per heavy atom. The zero-order chi connectivity index (χ0) is 13.5. The molecule has 1 aromatic carbocycles. The number of carbonyl (C=O) groups is 1. The van der Waals surface area contributed by atoms with Gasteiger partial charge in [0.2, 0.25) is 5.91 Å². The molecule has 1 aliphatic carbocycles. The molecule has 3 nitrogen and oxygen atoms in total. The number of rotatable bonds is 5. The van der Waals surface area contributed by atoms with Crippen LogP contribution in [0.5, 0.6) is 0 Å². The average molecular weight is 258 g/mol. The van der Waals surface area contributed by atoms with Gasteiger partial charge in [-0.05, 0) is 37.7 Å². The van der Waals surface area contributed by atoms with Gasteiger partial charge in [-0.15, -0.1) is 0 Å². The second kappa shape index (κ2) is 7.10. The first-order valence-corrected chi connectivity index (χ1v) is 7.03.